The number of ether oxygens (including phenoxy) is 1. The number of aromatic nitrogens is 2. The van der Waals surface area contributed by atoms with Crippen LogP contribution >= 0.6 is 0 Å². The van der Waals surface area contributed by atoms with Crippen LogP contribution in [-0.2, 0) is 13.1 Å². The van der Waals surface area contributed by atoms with Crippen molar-refractivity contribution in [3.63, 3.8) is 0 Å². The Morgan fingerprint density at radius 3 is 2.47 bits per heavy atom. The van der Waals surface area contributed by atoms with E-state index in [0.29, 0.717) is 36.2 Å². The van der Waals surface area contributed by atoms with Crippen LogP contribution in [0.2, 0.25) is 0 Å². The lowest BCUT2D eigenvalue weighted by molar-refractivity contribution is 0.0778. The number of carbonyl (C=O) groups is 1. The maximum Gasteiger partial charge on any atom is 0.274 e. The maximum absolute atomic E-state index is 13.2. The van der Waals surface area contributed by atoms with Crippen molar-refractivity contribution < 1.29 is 9.53 Å². The number of carbonyl (C=O) groups excluding carboxylic acids is 1. The Kier molecular flexibility index (Phi) is 6.67. The maximum atomic E-state index is 13.2. The molecule has 6 nitrogen and oxygen atoms in total. The van der Waals surface area contributed by atoms with Crippen LogP contribution in [0.25, 0.3) is 10.8 Å². The second-order valence-corrected chi connectivity index (χ2v) is 7.68. The molecule has 0 N–H and O–H groups in total. The van der Waals surface area contributed by atoms with Crippen LogP contribution in [0, 0.1) is 5.92 Å². The molecular formula is C24H27N3O3. The zero-order valence-corrected chi connectivity index (χ0v) is 17.7. The van der Waals surface area contributed by atoms with Gasteiger partial charge in [-0.05, 0) is 29.7 Å². The summed E-state index contributed by atoms with van der Waals surface area (Å²) >= 11 is 0. The lowest BCUT2D eigenvalue weighted by atomic mass is 10.1. The van der Waals surface area contributed by atoms with Gasteiger partial charge in [-0.25, -0.2) is 4.68 Å². The van der Waals surface area contributed by atoms with Crippen molar-refractivity contribution in [3.8, 4) is 5.75 Å². The molecule has 0 bridgehead atoms. The Labute approximate surface area is 176 Å². The van der Waals surface area contributed by atoms with Crippen LogP contribution in [0.4, 0.5) is 0 Å². The van der Waals surface area contributed by atoms with E-state index in [1.165, 1.54) is 4.68 Å². The van der Waals surface area contributed by atoms with Gasteiger partial charge >= 0.3 is 0 Å². The molecule has 0 aliphatic carbocycles. The Balaban J connectivity index is 1.89. The number of nitrogens with zero attached hydrogens (tertiary/aromatic N) is 3. The van der Waals surface area contributed by atoms with Gasteiger partial charge in [0.1, 0.15) is 12.4 Å². The molecular weight excluding hydrogens is 378 g/mol. The van der Waals surface area contributed by atoms with Crippen LogP contribution in [0.1, 0.15) is 29.9 Å². The first-order chi connectivity index (χ1) is 14.4. The van der Waals surface area contributed by atoms with Crippen molar-refractivity contribution >= 4 is 16.7 Å². The van der Waals surface area contributed by atoms with Gasteiger partial charge < -0.3 is 9.64 Å². The summed E-state index contributed by atoms with van der Waals surface area (Å²) in [6.07, 6.45) is 1.69. The molecule has 3 aromatic rings. The predicted octanol–water partition coefficient (Wildman–Crippen LogP) is 3.89. The lowest BCUT2D eigenvalue weighted by Gasteiger charge is -2.19. The smallest absolute Gasteiger partial charge is 0.274 e. The molecule has 30 heavy (non-hydrogen) atoms. The van der Waals surface area contributed by atoms with E-state index in [9.17, 15) is 9.59 Å². The number of rotatable bonds is 8. The van der Waals surface area contributed by atoms with E-state index in [-0.39, 0.29) is 17.4 Å². The average molecular weight is 405 g/mol. The summed E-state index contributed by atoms with van der Waals surface area (Å²) in [5, 5.41) is 5.52. The molecule has 6 heteroatoms. The molecule has 1 amide bonds. The summed E-state index contributed by atoms with van der Waals surface area (Å²) in [4.78, 5) is 27.6. The van der Waals surface area contributed by atoms with E-state index in [1.54, 1.807) is 36.2 Å². The van der Waals surface area contributed by atoms with Gasteiger partial charge in [-0.1, -0.05) is 56.8 Å². The molecule has 0 fully saturated rings. The van der Waals surface area contributed by atoms with Gasteiger partial charge in [0.05, 0.1) is 5.39 Å². The van der Waals surface area contributed by atoms with E-state index in [4.69, 9.17) is 4.74 Å². The number of hydrogen-bond donors (Lipinski definition) is 0. The third-order valence-electron chi connectivity index (χ3n) is 4.67. The molecule has 2 aromatic carbocycles. The van der Waals surface area contributed by atoms with Gasteiger partial charge in [0.15, 0.2) is 5.69 Å². The molecule has 0 saturated heterocycles. The van der Waals surface area contributed by atoms with Crippen molar-refractivity contribution in [1.82, 2.24) is 14.7 Å². The molecule has 1 heterocycles. The molecule has 156 valence electrons. The second kappa shape index (κ2) is 9.39. The molecule has 0 saturated carbocycles. The summed E-state index contributed by atoms with van der Waals surface area (Å²) in [6, 6.07) is 14.7. The third kappa shape index (κ3) is 4.76. The third-order valence-corrected chi connectivity index (χ3v) is 4.67. The Hall–Kier alpha value is -3.41. The van der Waals surface area contributed by atoms with Crippen molar-refractivity contribution in [2.45, 2.75) is 26.9 Å². The van der Waals surface area contributed by atoms with E-state index >= 15 is 0 Å². The molecule has 0 atom stereocenters. The Bertz CT molecular complexity index is 1100. The molecule has 0 aliphatic rings. The van der Waals surface area contributed by atoms with Gasteiger partial charge in [-0.15, -0.1) is 0 Å². The summed E-state index contributed by atoms with van der Waals surface area (Å²) in [5.74, 6) is 0.760. The number of fused-ring (bicyclic) bond motifs is 1. The summed E-state index contributed by atoms with van der Waals surface area (Å²) in [7, 11) is 1.73. The van der Waals surface area contributed by atoms with Crippen LogP contribution in [0.5, 0.6) is 5.75 Å². The zero-order chi connectivity index (χ0) is 21.7. The SMILES string of the molecule is C=CCOc1ccc(CN(C)C(=O)c2nn(CC(C)C)c(=O)c3ccccc23)cc1. The lowest BCUT2D eigenvalue weighted by Crippen LogP contribution is -2.32. The topological polar surface area (TPSA) is 64.4 Å². The van der Waals surface area contributed by atoms with Crippen LogP contribution in [-0.4, -0.2) is 34.2 Å². The Morgan fingerprint density at radius 2 is 1.83 bits per heavy atom. The molecule has 1 aromatic heterocycles. The minimum absolute atomic E-state index is 0.173. The highest BCUT2D eigenvalue weighted by atomic mass is 16.5. The van der Waals surface area contributed by atoms with E-state index < -0.39 is 0 Å². The van der Waals surface area contributed by atoms with Crippen LogP contribution in [0.3, 0.4) is 0 Å². The minimum atomic E-state index is -0.226. The zero-order valence-electron chi connectivity index (χ0n) is 17.7. The first-order valence-electron chi connectivity index (χ1n) is 9.98. The van der Waals surface area contributed by atoms with Crippen molar-refractivity contribution in [3.05, 3.63) is 82.8 Å². The standard InChI is InChI=1S/C24H27N3O3/c1-5-14-30-19-12-10-18(11-13-19)16-26(4)24(29)22-20-8-6-7-9-21(20)23(28)27(25-22)15-17(2)3/h5-13,17H,1,14-16H2,2-4H3. The van der Waals surface area contributed by atoms with Crippen LogP contribution < -0.4 is 10.3 Å². The number of amides is 1. The average Bonchev–Trinajstić information content (AvgIpc) is 2.74. The summed E-state index contributed by atoms with van der Waals surface area (Å²) in [6.45, 7) is 8.98. The van der Waals surface area contributed by atoms with Gasteiger partial charge in [-0.2, -0.15) is 5.10 Å². The van der Waals surface area contributed by atoms with E-state index in [2.05, 4.69) is 11.7 Å². The molecule has 0 radical (unpaired) electrons. The fourth-order valence-corrected chi connectivity index (χ4v) is 3.24. The largest absolute Gasteiger partial charge is 0.490 e. The fourth-order valence-electron chi connectivity index (χ4n) is 3.24. The second-order valence-electron chi connectivity index (χ2n) is 7.68. The van der Waals surface area contributed by atoms with Crippen molar-refractivity contribution in [1.29, 1.82) is 0 Å². The van der Waals surface area contributed by atoms with Crippen LogP contribution in [0.15, 0.2) is 66.0 Å². The fraction of sp³-hybridized carbons (Fsp3) is 0.292. The van der Waals surface area contributed by atoms with Crippen molar-refractivity contribution in [2.75, 3.05) is 13.7 Å². The number of hydrogen-bond acceptors (Lipinski definition) is 4. The monoisotopic (exact) mass is 405 g/mol. The number of benzene rings is 2. The molecule has 0 spiro atoms. The molecule has 0 aliphatic heterocycles. The van der Waals surface area contributed by atoms with Gasteiger partial charge in [-0.3, -0.25) is 9.59 Å². The first-order valence-corrected chi connectivity index (χ1v) is 9.98. The predicted molar refractivity (Wildman–Crippen MR) is 119 cm³/mol. The first kappa shape index (κ1) is 21.3. The highest BCUT2D eigenvalue weighted by Crippen LogP contribution is 2.18. The Morgan fingerprint density at radius 1 is 1.17 bits per heavy atom. The molecule has 3 rings (SSSR count). The summed E-state index contributed by atoms with van der Waals surface area (Å²) < 4.78 is 6.90. The van der Waals surface area contributed by atoms with Gasteiger partial charge in [0.2, 0.25) is 0 Å². The van der Waals surface area contributed by atoms with E-state index in [0.717, 1.165) is 11.3 Å². The highest BCUT2D eigenvalue weighted by Gasteiger charge is 2.20. The highest BCUT2D eigenvalue weighted by molar-refractivity contribution is 6.04. The normalized spacial score (nSPS) is 10.9. The quantitative estimate of drug-likeness (QED) is 0.534. The van der Waals surface area contributed by atoms with Crippen molar-refractivity contribution in [2.24, 2.45) is 5.92 Å². The molecule has 0 unspecified atom stereocenters. The van der Waals surface area contributed by atoms with Gasteiger partial charge in [0.25, 0.3) is 11.5 Å². The van der Waals surface area contributed by atoms with Gasteiger partial charge in [0, 0.05) is 25.5 Å². The minimum Gasteiger partial charge on any atom is -0.490 e. The van der Waals surface area contributed by atoms with E-state index in [1.807, 2.05) is 44.2 Å². The summed E-state index contributed by atoms with van der Waals surface area (Å²) in [5.41, 5.74) is 1.09.